The molecule has 0 aliphatic heterocycles. The van der Waals surface area contributed by atoms with Crippen LogP contribution in [0.4, 0.5) is 0 Å². The fourth-order valence-corrected chi connectivity index (χ4v) is 6.19. The van der Waals surface area contributed by atoms with Crippen LogP contribution in [-0.2, 0) is 23.4 Å². The van der Waals surface area contributed by atoms with Crippen molar-refractivity contribution in [3.63, 3.8) is 0 Å². The van der Waals surface area contributed by atoms with Crippen LogP contribution in [0.2, 0.25) is 0 Å². The van der Waals surface area contributed by atoms with E-state index in [2.05, 4.69) is 54.8 Å². The highest BCUT2D eigenvalue weighted by Crippen LogP contribution is 2.36. The second-order valence-electron chi connectivity index (χ2n) is 14.0. The number of rotatable bonds is 39. The number of esters is 1. The van der Waals surface area contributed by atoms with E-state index in [4.69, 9.17) is 19.3 Å². The van der Waals surface area contributed by atoms with Gasteiger partial charge in [-0.15, -0.1) is 0 Å². The summed E-state index contributed by atoms with van der Waals surface area (Å²) in [6.07, 6.45) is 50.5. The van der Waals surface area contributed by atoms with E-state index < -0.39 is 26.5 Å². The Morgan fingerprint density at radius 3 is 1.41 bits per heavy atom. The van der Waals surface area contributed by atoms with E-state index >= 15 is 0 Å². The predicted octanol–water partition coefficient (Wildman–Crippen LogP) is 13.6. The van der Waals surface area contributed by atoms with Gasteiger partial charge in [0.25, 0.3) is 0 Å². The first kappa shape index (κ1) is 49.3. The lowest BCUT2D eigenvalue weighted by Gasteiger charge is -2.18. The summed E-state index contributed by atoms with van der Waals surface area (Å²) in [7, 11) is -4.68. The van der Waals surface area contributed by atoms with Crippen molar-refractivity contribution >= 4 is 13.8 Å². The number of hydrogen-bond donors (Lipinski definition) is 2. The summed E-state index contributed by atoms with van der Waals surface area (Å²) < 4.78 is 26.7. The Labute approximate surface area is 314 Å². The molecule has 0 unspecified atom stereocenters. The number of carbonyl (C=O) groups is 1. The third-order valence-electron chi connectivity index (χ3n) is 8.95. The largest absolute Gasteiger partial charge is 0.498 e. The Kier molecular flexibility index (Phi) is 38.3. The minimum atomic E-state index is -4.68. The molecule has 0 fully saturated rings. The summed E-state index contributed by atoms with van der Waals surface area (Å²) in [6.45, 7) is 4.07. The van der Waals surface area contributed by atoms with E-state index in [9.17, 15) is 9.36 Å². The summed E-state index contributed by atoms with van der Waals surface area (Å²) in [5, 5.41) is 0. The molecule has 0 aromatic heterocycles. The third kappa shape index (κ3) is 42.6. The molecule has 0 saturated heterocycles. The molecule has 0 heterocycles. The molecule has 0 amide bonds. The van der Waals surface area contributed by atoms with E-state index in [0.29, 0.717) is 6.42 Å². The van der Waals surface area contributed by atoms with Crippen LogP contribution in [0.25, 0.3) is 0 Å². The zero-order chi connectivity index (χ0) is 37.4. The summed E-state index contributed by atoms with van der Waals surface area (Å²) in [5.41, 5.74) is 0. The molecule has 0 aliphatic rings. The van der Waals surface area contributed by atoms with E-state index in [1.165, 1.54) is 122 Å². The van der Waals surface area contributed by atoms with Gasteiger partial charge in [0, 0.05) is 6.42 Å². The van der Waals surface area contributed by atoms with Crippen LogP contribution in [0.5, 0.6) is 0 Å². The number of phosphoric ester groups is 1. The first-order chi connectivity index (χ1) is 24.9. The highest BCUT2D eigenvalue weighted by molar-refractivity contribution is 7.46. The van der Waals surface area contributed by atoms with Gasteiger partial charge in [-0.3, -0.25) is 9.32 Å². The van der Waals surface area contributed by atoms with E-state index in [1.807, 2.05) is 6.08 Å². The maximum absolute atomic E-state index is 12.4. The average Bonchev–Trinajstić information content (AvgIpc) is 3.10. The Bertz CT molecular complexity index is 908. The molecule has 2 N–H and O–H groups in total. The van der Waals surface area contributed by atoms with Crippen molar-refractivity contribution < 1.29 is 33.1 Å². The minimum absolute atomic E-state index is 0.0154. The first-order valence-electron chi connectivity index (χ1n) is 21.0. The van der Waals surface area contributed by atoms with E-state index in [1.54, 1.807) is 6.26 Å². The summed E-state index contributed by atoms with van der Waals surface area (Å²) in [6, 6.07) is 0. The van der Waals surface area contributed by atoms with Gasteiger partial charge in [0.2, 0.25) is 0 Å². The molecule has 0 radical (unpaired) electrons. The molecule has 8 heteroatoms. The smallest absolute Gasteiger partial charge is 0.469 e. The van der Waals surface area contributed by atoms with Crippen LogP contribution in [0, 0.1) is 0 Å². The number of unbranched alkanes of at least 4 members (excludes halogenated alkanes) is 23. The standard InChI is InChI=1S/C43H79O7P/c1-3-5-7-9-11-13-15-17-19-21-23-25-27-29-31-33-35-37-39-48-40-42(41-49-51(45,46)47)50-43(44)38-36-34-32-30-28-26-24-22-20-18-16-14-12-10-8-6-4-2/h12,14,18,20,24,26,37,39,42H,3-11,13,15-17,19,21-23,25,27-36,38,40-41H2,1-2H3,(H2,45,46,47)/b14-12-,20-18-,26-24-,39-37-/t42-/m1/s1. The molecule has 51 heavy (non-hydrogen) atoms. The number of ether oxygens (including phenoxy) is 2. The number of carbonyl (C=O) groups excluding carboxylic acids is 1. The molecular formula is C43H79O7P. The second kappa shape index (κ2) is 39.5. The lowest BCUT2D eigenvalue weighted by Crippen LogP contribution is -2.27. The van der Waals surface area contributed by atoms with Crippen molar-refractivity contribution in [2.45, 2.75) is 206 Å². The number of allylic oxidation sites excluding steroid dienone is 7. The van der Waals surface area contributed by atoms with Crippen LogP contribution < -0.4 is 0 Å². The molecule has 0 aromatic carbocycles. The van der Waals surface area contributed by atoms with Gasteiger partial charge in [0.05, 0.1) is 12.9 Å². The molecule has 0 saturated carbocycles. The Balaban J connectivity index is 3.89. The van der Waals surface area contributed by atoms with Gasteiger partial charge in [-0.2, -0.15) is 0 Å². The molecular weight excluding hydrogens is 659 g/mol. The maximum Gasteiger partial charge on any atom is 0.469 e. The minimum Gasteiger partial charge on any atom is -0.498 e. The van der Waals surface area contributed by atoms with Gasteiger partial charge < -0.3 is 19.3 Å². The molecule has 0 rings (SSSR count). The van der Waals surface area contributed by atoms with Crippen LogP contribution in [0.15, 0.2) is 48.8 Å². The van der Waals surface area contributed by atoms with E-state index in [-0.39, 0.29) is 13.0 Å². The van der Waals surface area contributed by atoms with Crippen molar-refractivity contribution in [2.75, 3.05) is 13.2 Å². The Morgan fingerprint density at radius 2 is 0.922 bits per heavy atom. The lowest BCUT2D eigenvalue weighted by molar-refractivity contribution is -0.153. The topological polar surface area (TPSA) is 102 Å². The monoisotopic (exact) mass is 739 g/mol. The summed E-state index contributed by atoms with van der Waals surface area (Å²) >= 11 is 0. The van der Waals surface area contributed by atoms with Crippen LogP contribution in [0.3, 0.4) is 0 Å². The van der Waals surface area contributed by atoms with Crippen molar-refractivity contribution in [1.82, 2.24) is 0 Å². The molecule has 0 aromatic rings. The quantitative estimate of drug-likeness (QED) is 0.0213. The van der Waals surface area contributed by atoms with Gasteiger partial charge >= 0.3 is 13.8 Å². The lowest BCUT2D eigenvalue weighted by atomic mass is 10.0. The number of phosphoric acid groups is 1. The Morgan fingerprint density at radius 1 is 0.529 bits per heavy atom. The number of hydrogen-bond acceptors (Lipinski definition) is 5. The van der Waals surface area contributed by atoms with Crippen molar-refractivity contribution in [2.24, 2.45) is 0 Å². The Hall–Kier alpha value is -1.66. The van der Waals surface area contributed by atoms with Crippen LogP contribution >= 0.6 is 7.82 Å². The SMILES string of the molecule is CCCCC/C=C\C/C=C\C/C=C\CCCCCCC(=O)O[C@H](CO/C=C\CCCCCCCCCCCCCCCCCC)COP(=O)(O)O. The molecule has 7 nitrogen and oxygen atoms in total. The van der Waals surface area contributed by atoms with E-state index in [0.717, 1.165) is 51.4 Å². The van der Waals surface area contributed by atoms with Gasteiger partial charge in [-0.05, 0) is 63.9 Å². The van der Waals surface area contributed by atoms with Crippen molar-refractivity contribution in [3.05, 3.63) is 48.8 Å². The predicted molar refractivity (Wildman–Crippen MR) is 216 cm³/mol. The van der Waals surface area contributed by atoms with Crippen molar-refractivity contribution in [1.29, 1.82) is 0 Å². The van der Waals surface area contributed by atoms with Gasteiger partial charge in [-0.25, -0.2) is 4.57 Å². The van der Waals surface area contributed by atoms with Gasteiger partial charge in [0.15, 0.2) is 6.10 Å². The van der Waals surface area contributed by atoms with Gasteiger partial charge in [-0.1, -0.05) is 172 Å². The van der Waals surface area contributed by atoms with Crippen LogP contribution in [-0.4, -0.2) is 35.1 Å². The molecule has 0 bridgehead atoms. The maximum atomic E-state index is 12.4. The second-order valence-corrected chi connectivity index (χ2v) is 15.3. The molecule has 298 valence electrons. The average molecular weight is 739 g/mol. The normalized spacial score (nSPS) is 13.0. The zero-order valence-electron chi connectivity index (χ0n) is 33.0. The van der Waals surface area contributed by atoms with Gasteiger partial charge in [0.1, 0.15) is 6.61 Å². The molecule has 0 aliphatic carbocycles. The molecule has 1 atom stereocenters. The summed E-state index contributed by atoms with van der Waals surface area (Å²) in [5.74, 6) is -0.405. The fraction of sp³-hybridized carbons (Fsp3) is 0.791. The third-order valence-corrected chi connectivity index (χ3v) is 9.43. The highest BCUT2D eigenvalue weighted by Gasteiger charge is 2.21. The zero-order valence-corrected chi connectivity index (χ0v) is 33.9. The first-order valence-corrected chi connectivity index (χ1v) is 22.5. The fourth-order valence-electron chi connectivity index (χ4n) is 5.83. The van der Waals surface area contributed by atoms with Crippen LogP contribution in [0.1, 0.15) is 200 Å². The summed E-state index contributed by atoms with van der Waals surface area (Å²) in [4.78, 5) is 30.6. The molecule has 0 spiro atoms. The highest BCUT2D eigenvalue weighted by atomic mass is 31.2. The van der Waals surface area contributed by atoms with Crippen molar-refractivity contribution in [3.8, 4) is 0 Å².